The highest BCUT2D eigenvalue weighted by Crippen LogP contribution is 2.10. The second-order valence-electron chi connectivity index (χ2n) is 3.61. The molecule has 0 spiro atoms. The molecule has 0 aliphatic rings. The molecule has 7 heteroatoms. The topological polar surface area (TPSA) is 121 Å². The number of aliphatic carboxylic acids is 1. The highest BCUT2D eigenvalue weighted by atomic mass is 16.5. The van der Waals surface area contributed by atoms with Crippen LogP contribution in [0.15, 0.2) is 36.9 Å². The fourth-order valence-electron chi connectivity index (χ4n) is 1.15. The molecule has 21 heavy (non-hydrogen) atoms. The Hall–Kier alpha value is -2.67. The van der Waals surface area contributed by atoms with Gasteiger partial charge in [-0.05, 0) is 12.1 Å². The Morgan fingerprint density at radius 3 is 2.10 bits per heavy atom. The van der Waals surface area contributed by atoms with Crippen molar-refractivity contribution in [3.8, 4) is 0 Å². The molecule has 0 heterocycles. The molecule has 0 atom stereocenters. The molecule has 1 rings (SSSR count). The van der Waals surface area contributed by atoms with Crippen molar-refractivity contribution < 1.29 is 34.4 Å². The summed E-state index contributed by atoms with van der Waals surface area (Å²) < 4.78 is 4.80. The minimum Gasteiger partial charge on any atom is -0.478 e. The molecule has 0 fully saturated rings. The van der Waals surface area contributed by atoms with E-state index < -0.39 is 17.9 Å². The number of aliphatic hydroxyl groups is 1. The molecule has 0 saturated carbocycles. The number of benzene rings is 1. The highest BCUT2D eigenvalue weighted by Gasteiger charge is 2.16. The molecule has 1 aromatic rings. The minimum absolute atomic E-state index is 0.0212. The zero-order chi connectivity index (χ0) is 16.3. The number of hydrogen-bond acceptors (Lipinski definition) is 5. The molecule has 0 saturated heterocycles. The first-order valence-corrected chi connectivity index (χ1v) is 5.89. The average molecular weight is 296 g/mol. The summed E-state index contributed by atoms with van der Waals surface area (Å²) in [6, 6.07) is 5.83. The Morgan fingerprint density at radius 2 is 1.67 bits per heavy atom. The Labute approximate surface area is 121 Å². The number of hydrogen-bond donors (Lipinski definition) is 3. The molecule has 0 amide bonds. The zero-order valence-electron chi connectivity index (χ0n) is 11.2. The van der Waals surface area contributed by atoms with Crippen LogP contribution in [0.25, 0.3) is 0 Å². The van der Waals surface area contributed by atoms with E-state index in [-0.39, 0.29) is 24.3 Å². The third-order valence-corrected chi connectivity index (χ3v) is 2.09. The minimum atomic E-state index is -1.17. The molecular formula is C14H16O7. The molecule has 0 unspecified atom stereocenters. The van der Waals surface area contributed by atoms with Crippen LogP contribution in [0.2, 0.25) is 0 Å². The van der Waals surface area contributed by atoms with Gasteiger partial charge < -0.3 is 20.1 Å². The van der Waals surface area contributed by atoms with E-state index in [1.54, 1.807) is 6.07 Å². The monoisotopic (exact) mass is 296 g/mol. The number of esters is 1. The van der Waals surface area contributed by atoms with E-state index in [0.29, 0.717) is 6.42 Å². The lowest BCUT2D eigenvalue weighted by atomic mass is 10.1. The summed E-state index contributed by atoms with van der Waals surface area (Å²) in [5.41, 5.74) is -0.0653. The normalized spacial score (nSPS) is 9.00. The standard InChI is InChI=1S/C11H12O5.C3H4O2/c12-6-3-7-16-11(15)9-5-2-1-4-8(9)10(13)14;1-2-3(4)5/h1-2,4-5,12H,3,6-7H2,(H,13,14);2H,1H2,(H,4,5). The van der Waals surface area contributed by atoms with Crippen LogP contribution in [0.1, 0.15) is 27.1 Å². The molecule has 0 aliphatic carbocycles. The van der Waals surface area contributed by atoms with Gasteiger partial charge in [0.05, 0.1) is 17.7 Å². The molecule has 0 radical (unpaired) electrons. The lowest BCUT2D eigenvalue weighted by molar-refractivity contribution is -0.131. The third-order valence-electron chi connectivity index (χ3n) is 2.09. The molecular weight excluding hydrogens is 280 g/mol. The summed E-state index contributed by atoms with van der Waals surface area (Å²) in [5.74, 6) is -2.84. The second-order valence-corrected chi connectivity index (χ2v) is 3.61. The maximum absolute atomic E-state index is 11.5. The van der Waals surface area contributed by atoms with Gasteiger partial charge in [-0.3, -0.25) is 0 Å². The maximum Gasteiger partial charge on any atom is 0.339 e. The van der Waals surface area contributed by atoms with Crippen LogP contribution < -0.4 is 0 Å². The van der Waals surface area contributed by atoms with Crippen LogP contribution in [0.3, 0.4) is 0 Å². The summed E-state index contributed by atoms with van der Waals surface area (Å²) in [4.78, 5) is 31.5. The van der Waals surface area contributed by atoms with Gasteiger partial charge in [0, 0.05) is 19.1 Å². The number of aliphatic hydroxyl groups excluding tert-OH is 1. The van der Waals surface area contributed by atoms with E-state index in [4.69, 9.17) is 20.1 Å². The Kier molecular flexibility index (Phi) is 8.87. The first kappa shape index (κ1) is 18.3. The number of aromatic carboxylic acids is 1. The largest absolute Gasteiger partial charge is 0.478 e. The van der Waals surface area contributed by atoms with E-state index >= 15 is 0 Å². The van der Waals surface area contributed by atoms with Gasteiger partial charge in [0.1, 0.15) is 0 Å². The highest BCUT2D eigenvalue weighted by molar-refractivity contribution is 6.02. The van der Waals surface area contributed by atoms with E-state index in [1.807, 2.05) is 0 Å². The lowest BCUT2D eigenvalue weighted by Gasteiger charge is -2.05. The predicted octanol–water partition coefficient (Wildman–Crippen LogP) is 1.18. The molecule has 1 aromatic carbocycles. The molecule has 114 valence electrons. The molecule has 3 N–H and O–H groups in total. The maximum atomic E-state index is 11.5. The summed E-state index contributed by atoms with van der Waals surface area (Å²) in [7, 11) is 0. The van der Waals surface area contributed by atoms with E-state index in [0.717, 1.165) is 6.08 Å². The van der Waals surface area contributed by atoms with Crippen LogP contribution in [0.5, 0.6) is 0 Å². The van der Waals surface area contributed by atoms with Crippen molar-refractivity contribution in [3.63, 3.8) is 0 Å². The Morgan fingerprint density at radius 1 is 1.14 bits per heavy atom. The van der Waals surface area contributed by atoms with Crippen LogP contribution >= 0.6 is 0 Å². The van der Waals surface area contributed by atoms with Crippen molar-refractivity contribution in [2.24, 2.45) is 0 Å². The Bertz CT molecular complexity index is 508. The number of rotatable bonds is 6. The van der Waals surface area contributed by atoms with Crippen molar-refractivity contribution in [1.29, 1.82) is 0 Å². The SMILES string of the molecule is C=CC(=O)O.O=C(O)c1ccccc1C(=O)OCCCO. The first-order valence-electron chi connectivity index (χ1n) is 5.89. The molecule has 0 bridgehead atoms. The quantitative estimate of drug-likeness (QED) is 0.409. The van der Waals surface area contributed by atoms with Crippen LogP contribution in [-0.4, -0.2) is 46.4 Å². The summed E-state index contributed by atoms with van der Waals surface area (Å²) in [5, 5.41) is 24.9. The van der Waals surface area contributed by atoms with Gasteiger partial charge >= 0.3 is 17.9 Å². The van der Waals surface area contributed by atoms with Crippen molar-refractivity contribution in [2.45, 2.75) is 6.42 Å². The van der Waals surface area contributed by atoms with Crippen molar-refractivity contribution >= 4 is 17.9 Å². The van der Waals surface area contributed by atoms with E-state index in [9.17, 15) is 14.4 Å². The average Bonchev–Trinajstić information content (AvgIpc) is 2.47. The number of carboxylic acid groups (broad SMARTS) is 2. The van der Waals surface area contributed by atoms with Gasteiger partial charge in [0.2, 0.25) is 0 Å². The fraction of sp³-hybridized carbons (Fsp3) is 0.214. The summed E-state index contributed by atoms with van der Waals surface area (Å²) >= 11 is 0. The predicted molar refractivity (Wildman–Crippen MR) is 73.2 cm³/mol. The summed E-state index contributed by atoms with van der Waals surface area (Å²) in [6.07, 6.45) is 1.17. The van der Waals surface area contributed by atoms with Crippen molar-refractivity contribution in [2.75, 3.05) is 13.2 Å². The molecule has 0 aromatic heterocycles. The number of carbonyl (C=O) groups is 3. The van der Waals surface area contributed by atoms with Gasteiger partial charge in [0.25, 0.3) is 0 Å². The van der Waals surface area contributed by atoms with Gasteiger partial charge in [-0.2, -0.15) is 0 Å². The van der Waals surface area contributed by atoms with Crippen LogP contribution in [-0.2, 0) is 9.53 Å². The van der Waals surface area contributed by atoms with E-state index in [1.165, 1.54) is 18.2 Å². The van der Waals surface area contributed by atoms with Gasteiger partial charge in [0.15, 0.2) is 0 Å². The Balaban J connectivity index is 0.000000690. The van der Waals surface area contributed by atoms with Gasteiger partial charge in [-0.15, -0.1) is 0 Å². The van der Waals surface area contributed by atoms with Crippen LogP contribution in [0.4, 0.5) is 0 Å². The number of carbonyl (C=O) groups excluding carboxylic acids is 1. The smallest absolute Gasteiger partial charge is 0.339 e. The zero-order valence-corrected chi connectivity index (χ0v) is 11.2. The third kappa shape index (κ3) is 7.48. The van der Waals surface area contributed by atoms with Gasteiger partial charge in [-0.25, -0.2) is 14.4 Å². The van der Waals surface area contributed by atoms with Crippen molar-refractivity contribution in [3.05, 3.63) is 48.0 Å². The fourth-order valence-corrected chi connectivity index (χ4v) is 1.15. The second kappa shape index (κ2) is 10.2. The number of carboxylic acids is 2. The van der Waals surface area contributed by atoms with E-state index in [2.05, 4.69) is 6.58 Å². The lowest BCUT2D eigenvalue weighted by Crippen LogP contribution is -2.12. The first-order chi connectivity index (χ1) is 9.93. The van der Waals surface area contributed by atoms with Gasteiger partial charge in [-0.1, -0.05) is 18.7 Å². The number of ether oxygens (including phenoxy) is 1. The molecule has 7 nitrogen and oxygen atoms in total. The molecule has 0 aliphatic heterocycles. The van der Waals surface area contributed by atoms with Crippen molar-refractivity contribution in [1.82, 2.24) is 0 Å². The summed E-state index contributed by atoms with van der Waals surface area (Å²) in [6.45, 7) is 2.96. The van der Waals surface area contributed by atoms with Crippen LogP contribution in [0, 0.1) is 0 Å².